The van der Waals surface area contributed by atoms with Gasteiger partial charge in [0.25, 0.3) is 5.88 Å². The van der Waals surface area contributed by atoms with Gasteiger partial charge in [-0.2, -0.15) is 4.98 Å². The lowest BCUT2D eigenvalue weighted by Gasteiger charge is -2.15. The highest BCUT2D eigenvalue weighted by Gasteiger charge is 2.12. The van der Waals surface area contributed by atoms with Crippen LogP contribution in [0.1, 0.15) is 19.3 Å². The van der Waals surface area contributed by atoms with E-state index in [1.165, 1.54) is 25.9 Å². The van der Waals surface area contributed by atoms with Gasteiger partial charge in [0.05, 0.1) is 25.6 Å². The molecule has 2 N–H and O–H groups in total. The average Bonchev–Trinajstić information content (AvgIpc) is 3.19. The number of ether oxygens (including phenoxy) is 2. The summed E-state index contributed by atoms with van der Waals surface area (Å²) in [5.41, 5.74) is 0.744. The third-order valence-corrected chi connectivity index (χ3v) is 4.25. The minimum absolute atomic E-state index is 0.474. The maximum Gasteiger partial charge on any atom is 0.256 e. The molecule has 26 heavy (non-hydrogen) atoms. The molecule has 0 atom stereocenters. The zero-order chi connectivity index (χ0) is 18.2. The SMILES string of the molecule is CNc1ccnc(Nc2cnc(OC)c(OCCCN3CCCC3)c2)n1. The molecule has 8 nitrogen and oxygen atoms in total. The summed E-state index contributed by atoms with van der Waals surface area (Å²) >= 11 is 0. The fraction of sp³-hybridized carbons (Fsp3) is 0.500. The molecule has 0 bridgehead atoms. The van der Waals surface area contributed by atoms with Crippen LogP contribution in [0.15, 0.2) is 24.5 Å². The van der Waals surface area contributed by atoms with E-state index in [0.29, 0.717) is 24.2 Å². The Morgan fingerprint density at radius 3 is 2.85 bits per heavy atom. The number of hydrogen-bond acceptors (Lipinski definition) is 8. The summed E-state index contributed by atoms with van der Waals surface area (Å²) in [5.74, 6) is 2.32. The molecule has 0 radical (unpaired) electrons. The number of aromatic nitrogens is 3. The number of likely N-dealkylation sites (tertiary alicyclic amines) is 1. The van der Waals surface area contributed by atoms with Gasteiger partial charge in [-0.3, -0.25) is 0 Å². The molecule has 3 rings (SSSR count). The average molecular weight is 358 g/mol. The Balaban J connectivity index is 1.59. The van der Waals surface area contributed by atoms with Crippen LogP contribution in [0.4, 0.5) is 17.5 Å². The molecule has 0 aromatic carbocycles. The molecule has 2 aromatic heterocycles. The van der Waals surface area contributed by atoms with Gasteiger partial charge in [0, 0.05) is 25.9 Å². The van der Waals surface area contributed by atoms with Crippen molar-refractivity contribution in [2.45, 2.75) is 19.3 Å². The van der Waals surface area contributed by atoms with Crippen LogP contribution in [0.25, 0.3) is 0 Å². The van der Waals surface area contributed by atoms with Gasteiger partial charge in [0.2, 0.25) is 5.95 Å². The van der Waals surface area contributed by atoms with Crippen molar-refractivity contribution in [1.82, 2.24) is 19.9 Å². The second kappa shape index (κ2) is 9.19. The van der Waals surface area contributed by atoms with Crippen LogP contribution in [-0.2, 0) is 0 Å². The first-order valence-electron chi connectivity index (χ1n) is 8.95. The third-order valence-electron chi connectivity index (χ3n) is 4.25. The first-order valence-corrected chi connectivity index (χ1v) is 8.95. The smallest absolute Gasteiger partial charge is 0.256 e. The van der Waals surface area contributed by atoms with Crippen LogP contribution in [0, 0.1) is 0 Å². The number of hydrogen-bond donors (Lipinski definition) is 2. The Morgan fingerprint density at radius 1 is 1.23 bits per heavy atom. The molecule has 1 saturated heterocycles. The number of nitrogens with one attached hydrogen (secondary N) is 2. The van der Waals surface area contributed by atoms with Crippen molar-refractivity contribution >= 4 is 17.5 Å². The summed E-state index contributed by atoms with van der Waals surface area (Å²) in [6.07, 6.45) is 6.96. The summed E-state index contributed by atoms with van der Waals surface area (Å²) < 4.78 is 11.2. The lowest BCUT2D eigenvalue weighted by molar-refractivity contribution is 0.252. The Hall–Kier alpha value is -2.61. The quantitative estimate of drug-likeness (QED) is 0.662. The van der Waals surface area contributed by atoms with E-state index < -0.39 is 0 Å². The second-order valence-corrected chi connectivity index (χ2v) is 6.12. The highest BCUT2D eigenvalue weighted by molar-refractivity contribution is 5.57. The van der Waals surface area contributed by atoms with Crippen molar-refractivity contribution in [3.05, 3.63) is 24.5 Å². The molecule has 1 aliphatic rings. The van der Waals surface area contributed by atoms with Gasteiger partial charge >= 0.3 is 0 Å². The number of methoxy groups -OCH3 is 1. The molecule has 2 aromatic rings. The van der Waals surface area contributed by atoms with Crippen LogP contribution in [0.3, 0.4) is 0 Å². The molecule has 3 heterocycles. The topological polar surface area (TPSA) is 84.4 Å². The highest BCUT2D eigenvalue weighted by atomic mass is 16.5. The predicted molar refractivity (Wildman–Crippen MR) is 101 cm³/mol. The largest absolute Gasteiger partial charge is 0.488 e. The van der Waals surface area contributed by atoms with Gasteiger partial charge in [-0.15, -0.1) is 0 Å². The summed E-state index contributed by atoms with van der Waals surface area (Å²) in [7, 11) is 3.40. The Bertz CT molecular complexity index is 706. The van der Waals surface area contributed by atoms with Crippen molar-refractivity contribution in [2.75, 3.05) is 51.0 Å². The number of nitrogens with zero attached hydrogens (tertiary/aromatic N) is 4. The molecule has 0 amide bonds. The van der Waals surface area contributed by atoms with Crippen LogP contribution in [0.5, 0.6) is 11.6 Å². The van der Waals surface area contributed by atoms with E-state index in [-0.39, 0.29) is 0 Å². The summed E-state index contributed by atoms with van der Waals surface area (Å²) in [6, 6.07) is 3.66. The van der Waals surface area contributed by atoms with Crippen molar-refractivity contribution < 1.29 is 9.47 Å². The van der Waals surface area contributed by atoms with E-state index in [4.69, 9.17) is 9.47 Å². The summed E-state index contributed by atoms with van der Waals surface area (Å²) in [4.78, 5) is 15.3. The summed E-state index contributed by atoms with van der Waals surface area (Å²) in [5, 5.41) is 6.12. The monoisotopic (exact) mass is 358 g/mol. The lowest BCUT2D eigenvalue weighted by atomic mass is 10.3. The van der Waals surface area contributed by atoms with Crippen molar-refractivity contribution in [3.8, 4) is 11.6 Å². The van der Waals surface area contributed by atoms with E-state index >= 15 is 0 Å². The van der Waals surface area contributed by atoms with Crippen molar-refractivity contribution in [2.24, 2.45) is 0 Å². The molecule has 8 heteroatoms. The molecule has 0 aliphatic carbocycles. The first kappa shape index (κ1) is 18.2. The van der Waals surface area contributed by atoms with Gasteiger partial charge in [-0.1, -0.05) is 0 Å². The van der Waals surface area contributed by atoms with Gasteiger partial charge in [0.1, 0.15) is 5.82 Å². The van der Waals surface area contributed by atoms with E-state index in [0.717, 1.165) is 24.5 Å². The molecule has 1 fully saturated rings. The maximum absolute atomic E-state index is 5.90. The molecular formula is C18H26N6O2. The van der Waals surface area contributed by atoms with Gasteiger partial charge in [-0.25, -0.2) is 9.97 Å². The molecular weight excluding hydrogens is 332 g/mol. The highest BCUT2D eigenvalue weighted by Crippen LogP contribution is 2.28. The maximum atomic E-state index is 5.90. The van der Waals surface area contributed by atoms with Crippen molar-refractivity contribution in [1.29, 1.82) is 0 Å². The molecule has 0 saturated carbocycles. The number of anilines is 3. The Morgan fingerprint density at radius 2 is 2.08 bits per heavy atom. The Kier molecular flexibility index (Phi) is 6.43. The van der Waals surface area contributed by atoms with Crippen LogP contribution < -0.4 is 20.1 Å². The van der Waals surface area contributed by atoms with E-state index in [1.807, 2.05) is 13.1 Å². The van der Waals surface area contributed by atoms with Gasteiger partial charge < -0.3 is 25.0 Å². The third kappa shape index (κ3) is 4.95. The van der Waals surface area contributed by atoms with Crippen LogP contribution in [-0.4, -0.2) is 60.3 Å². The zero-order valence-corrected chi connectivity index (χ0v) is 15.4. The Labute approximate surface area is 154 Å². The standard InChI is InChI=1S/C18H26N6O2/c1-19-16-6-7-20-18(23-16)22-14-12-15(17(25-2)21-13-14)26-11-5-10-24-8-3-4-9-24/h6-7,12-13H,3-5,8-11H2,1-2H3,(H2,19,20,22,23). The minimum atomic E-state index is 0.474. The normalized spacial score (nSPS) is 14.2. The summed E-state index contributed by atoms with van der Waals surface area (Å²) in [6.45, 7) is 4.11. The van der Waals surface area contributed by atoms with Crippen LogP contribution >= 0.6 is 0 Å². The minimum Gasteiger partial charge on any atom is -0.488 e. The van der Waals surface area contributed by atoms with Crippen molar-refractivity contribution in [3.63, 3.8) is 0 Å². The van der Waals surface area contributed by atoms with Crippen LogP contribution in [0.2, 0.25) is 0 Å². The zero-order valence-electron chi connectivity index (χ0n) is 15.4. The van der Waals surface area contributed by atoms with E-state index in [9.17, 15) is 0 Å². The molecule has 0 unspecified atom stereocenters. The van der Waals surface area contributed by atoms with E-state index in [1.54, 1.807) is 25.6 Å². The number of rotatable bonds is 9. The first-order chi connectivity index (χ1) is 12.8. The second-order valence-electron chi connectivity index (χ2n) is 6.12. The predicted octanol–water partition coefficient (Wildman–Crippen LogP) is 2.53. The fourth-order valence-corrected chi connectivity index (χ4v) is 2.92. The number of pyridine rings is 1. The van der Waals surface area contributed by atoms with Gasteiger partial charge in [-0.05, 0) is 38.4 Å². The molecule has 0 spiro atoms. The van der Waals surface area contributed by atoms with Gasteiger partial charge in [0.15, 0.2) is 5.75 Å². The fourth-order valence-electron chi connectivity index (χ4n) is 2.92. The lowest BCUT2D eigenvalue weighted by Crippen LogP contribution is -2.22. The molecule has 140 valence electrons. The molecule has 1 aliphatic heterocycles. The van der Waals surface area contributed by atoms with E-state index in [2.05, 4.69) is 30.5 Å².